The van der Waals surface area contributed by atoms with Crippen molar-refractivity contribution in [2.45, 2.75) is 65.8 Å². The predicted molar refractivity (Wildman–Crippen MR) is 68.1 cm³/mol. The standard InChI is InChI=1S/C14H29N/c1-5-12(2)13(3)9-11-15-10-7-6-8-14(15)4/h12-14H,5-11H2,1-4H3/t12-,13-,14?/m1/s1. The van der Waals surface area contributed by atoms with Crippen LogP contribution in [0.3, 0.4) is 0 Å². The molecule has 1 rings (SSSR count). The van der Waals surface area contributed by atoms with Crippen molar-refractivity contribution < 1.29 is 0 Å². The van der Waals surface area contributed by atoms with Crippen LogP contribution in [-0.2, 0) is 0 Å². The van der Waals surface area contributed by atoms with Gasteiger partial charge < -0.3 is 4.90 Å². The molecule has 0 aromatic rings. The van der Waals surface area contributed by atoms with Crippen molar-refractivity contribution in [2.75, 3.05) is 13.1 Å². The molecule has 0 aromatic heterocycles. The number of hydrogen-bond acceptors (Lipinski definition) is 1. The van der Waals surface area contributed by atoms with E-state index in [0.717, 1.165) is 17.9 Å². The molecule has 0 aromatic carbocycles. The fourth-order valence-electron chi connectivity index (χ4n) is 2.55. The molecule has 1 heteroatoms. The van der Waals surface area contributed by atoms with Gasteiger partial charge in [0.1, 0.15) is 0 Å². The first kappa shape index (κ1) is 13.0. The third-order valence-corrected chi connectivity index (χ3v) is 4.43. The maximum Gasteiger partial charge on any atom is 0.00669 e. The number of likely N-dealkylation sites (tertiary alicyclic amines) is 1. The molecule has 0 amide bonds. The van der Waals surface area contributed by atoms with E-state index in [4.69, 9.17) is 0 Å². The Bertz CT molecular complexity index is 167. The summed E-state index contributed by atoms with van der Waals surface area (Å²) in [5.74, 6) is 1.79. The molecule has 0 bridgehead atoms. The van der Waals surface area contributed by atoms with E-state index in [1.54, 1.807) is 0 Å². The summed E-state index contributed by atoms with van der Waals surface area (Å²) in [5, 5.41) is 0. The number of hydrogen-bond donors (Lipinski definition) is 0. The molecular weight excluding hydrogens is 182 g/mol. The first-order valence-electron chi connectivity index (χ1n) is 6.89. The molecule has 0 saturated carbocycles. The van der Waals surface area contributed by atoms with Crippen LogP contribution in [-0.4, -0.2) is 24.0 Å². The van der Waals surface area contributed by atoms with E-state index in [9.17, 15) is 0 Å². The van der Waals surface area contributed by atoms with Gasteiger partial charge in [-0.25, -0.2) is 0 Å². The van der Waals surface area contributed by atoms with E-state index in [1.807, 2.05) is 0 Å². The molecule has 1 fully saturated rings. The molecule has 0 N–H and O–H groups in total. The Morgan fingerprint density at radius 1 is 1.20 bits per heavy atom. The van der Waals surface area contributed by atoms with Crippen LogP contribution in [0.25, 0.3) is 0 Å². The third-order valence-electron chi connectivity index (χ3n) is 4.43. The van der Waals surface area contributed by atoms with Gasteiger partial charge in [0.15, 0.2) is 0 Å². The van der Waals surface area contributed by atoms with Gasteiger partial charge in [-0.3, -0.25) is 0 Å². The van der Waals surface area contributed by atoms with Gasteiger partial charge in [0.2, 0.25) is 0 Å². The Balaban J connectivity index is 2.23. The highest BCUT2D eigenvalue weighted by atomic mass is 15.2. The van der Waals surface area contributed by atoms with Crippen molar-refractivity contribution in [3.8, 4) is 0 Å². The van der Waals surface area contributed by atoms with Crippen molar-refractivity contribution in [3.63, 3.8) is 0 Å². The van der Waals surface area contributed by atoms with Crippen molar-refractivity contribution in [2.24, 2.45) is 11.8 Å². The summed E-state index contributed by atoms with van der Waals surface area (Å²) >= 11 is 0. The van der Waals surface area contributed by atoms with Crippen LogP contribution in [0.1, 0.15) is 59.8 Å². The van der Waals surface area contributed by atoms with Gasteiger partial charge in [-0.05, 0) is 51.1 Å². The number of piperidine rings is 1. The molecule has 90 valence electrons. The quantitative estimate of drug-likeness (QED) is 0.666. The van der Waals surface area contributed by atoms with Gasteiger partial charge in [0, 0.05) is 6.04 Å². The minimum Gasteiger partial charge on any atom is -0.301 e. The van der Waals surface area contributed by atoms with Crippen LogP contribution < -0.4 is 0 Å². The predicted octanol–water partition coefficient (Wildman–Crippen LogP) is 3.93. The van der Waals surface area contributed by atoms with Crippen LogP contribution >= 0.6 is 0 Å². The van der Waals surface area contributed by atoms with Crippen LogP contribution in [0.15, 0.2) is 0 Å². The highest BCUT2D eigenvalue weighted by Crippen LogP contribution is 2.21. The monoisotopic (exact) mass is 211 g/mol. The second kappa shape index (κ2) is 6.52. The Morgan fingerprint density at radius 2 is 1.93 bits per heavy atom. The van der Waals surface area contributed by atoms with E-state index >= 15 is 0 Å². The lowest BCUT2D eigenvalue weighted by Gasteiger charge is -2.34. The molecule has 3 atom stereocenters. The Kier molecular flexibility index (Phi) is 5.66. The van der Waals surface area contributed by atoms with Gasteiger partial charge in [0.25, 0.3) is 0 Å². The molecule has 1 saturated heterocycles. The van der Waals surface area contributed by atoms with E-state index in [1.165, 1.54) is 45.2 Å². The highest BCUT2D eigenvalue weighted by molar-refractivity contribution is 4.74. The first-order chi connectivity index (χ1) is 7.15. The summed E-state index contributed by atoms with van der Waals surface area (Å²) in [4.78, 5) is 2.70. The van der Waals surface area contributed by atoms with Crippen LogP contribution in [0.4, 0.5) is 0 Å². The minimum absolute atomic E-state index is 0.836. The van der Waals surface area contributed by atoms with E-state index in [2.05, 4.69) is 32.6 Å². The van der Waals surface area contributed by atoms with Gasteiger partial charge >= 0.3 is 0 Å². The SMILES string of the molecule is CC[C@@H](C)[C@H](C)CCN1CCCCC1C. The lowest BCUT2D eigenvalue weighted by atomic mass is 9.90. The maximum absolute atomic E-state index is 2.70. The zero-order chi connectivity index (χ0) is 11.3. The van der Waals surface area contributed by atoms with Crippen LogP contribution in [0.5, 0.6) is 0 Å². The molecule has 1 aliphatic heterocycles. The first-order valence-corrected chi connectivity index (χ1v) is 6.89. The van der Waals surface area contributed by atoms with E-state index < -0.39 is 0 Å². The lowest BCUT2D eigenvalue weighted by Crippen LogP contribution is -2.38. The highest BCUT2D eigenvalue weighted by Gasteiger charge is 2.19. The van der Waals surface area contributed by atoms with Crippen molar-refractivity contribution in [1.82, 2.24) is 4.90 Å². The van der Waals surface area contributed by atoms with E-state index in [-0.39, 0.29) is 0 Å². The Hall–Kier alpha value is -0.0400. The average Bonchev–Trinajstić information content (AvgIpc) is 2.26. The molecule has 1 unspecified atom stereocenters. The summed E-state index contributed by atoms with van der Waals surface area (Å²) in [6.45, 7) is 12.2. The summed E-state index contributed by atoms with van der Waals surface area (Å²) < 4.78 is 0. The van der Waals surface area contributed by atoms with Crippen LogP contribution in [0, 0.1) is 11.8 Å². The molecule has 0 radical (unpaired) electrons. The molecule has 0 aliphatic carbocycles. The average molecular weight is 211 g/mol. The van der Waals surface area contributed by atoms with E-state index in [0.29, 0.717) is 0 Å². The number of rotatable bonds is 5. The second-order valence-corrected chi connectivity index (χ2v) is 5.53. The molecule has 1 nitrogen and oxygen atoms in total. The molecule has 1 heterocycles. The molecule has 1 aliphatic rings. The van der Waals surface area contributed by atoms with Gasteiger partial charge in [-0.1, -0.05) is 33.6 Å². The Morgan fingerprint density at radius 3 is 2.53 bits per heavy atom. The smallest absolute Gasteiger partial charge is 0.00669 e. The Labute approximate surface area is 96.2 Å². The zero-order valence-corrected chi connectivity index (χ0v) is 11.1. The molecule has 15 heavy (non-hydrogen) atoms. The molecular formula is C14H29N. The third kappa shape index (κ3) is 4.14. The van der Waals surface area contributed by atoms with Crippen molar-refractivity contribution in [3.05, 3.63) is 0 Å². The normalized spacial score (nSPS) is 27.6. The summed E-state index contributed by atoms with van der Waals surface area (Å²) in [6.07, 6.45) is 6.99. The fourth-order valence-corrected chi connectivity index (χ4v) is 2.55. The van der Waals surface area contributed by atoms with Crippen LogP contribution in [0.2, 0.25) is 0 Å². The van der Waals surface area contributed by atoms with Gasteiger partial charge in [-0.15, -0.1) is 0 Å². The number of nitrogens with zero attached hydrogens (tertiary/aromatic N) is 1. The van der Waals surface area contributed by atoms with Crippen molar-refractivity contribution in [1.29, 1.82) is 0 Å². The topological polar surface area (TPSA) is 3.24 Å². The minimum atomic E-state index is 0.836. The fraction of sp³-hybridized carbons (Fsp3) is 1.00. The summed E-state index contributed by atoms with van der Waals surface area (Å²) in [6, 6.07) is 0.836. The van der Waals surface area contributed by atoms with Gasteiger partial charge in [-0.2, -0.15) is 0 Å². The van der Waals surface area contributed by atoms with Crippen molar-refractivity contribution >= 4 is 0 Å². The van der Waals surface area contributed by atoms with Gasteiger partial charge in [0.05, 0.1) is 0 Å². The maximum atomic E-state index is 2.70. The zero-order valence-electron chi connectivity index (χ0n) is 11.1. The lowest BCUT2D eigenvalue weighted by molar-refractivity contribution is 0.145. The second-order valence-electron chi connectivity index (χ2n) is 5.53. The largest absolute Gasteiger partial charge is 0.301 e. The summed E-state index contributed by atoms with van der Waals surface area (Å²) in [7, 11) is 0. The molecule has 0 spiro atoms. The summed E-state index contributed by atoms with van der Waals surface area (Å²) in [5.41, 5.74) is 0.